The van der Waals surface area contributed by atoms with Gasteiger partial charge in [0, 0.05) is 16.3 Å². The maximum Gasteiger partial charge on any atom is 0.269 e. The van der Waals surface area contributed by atoms with Crippen LogP contribution in [0.2, 0.25) is 0 Å². The number of carbonyl (C=O) groups is 1. The highest BCUT2D eigenvalue weighted by molar-refractivity contribution is 7.99. The molecular weight excluding hydrogens is 402 g/mol. The number of rotatable bonds is 4. The lowest BCUT2D eigenvalue weighted by atomic mass is 10.1. The number of thioether (sulfide) groups is 1. The maximum atomic E-state index is 12.7. The minimum Gasteiger partial charge on any atom is -0.300 e. The van der Waals surface area contributed by atoms with Crippen molar-refractivity contribution in [2.75, 3.05) is 5.75 Å². The summed E-state index contributed by atoms with van der Waals surface area (Å²) in [6.07, 6.45) is 0. The van der Waals surface area contributed by atoms with Gasteiger partial charge < -0.3 is 4.98 Å². The minimum atomic E-state index is -0.198. The highest BCUT2D eigenvalue weighted by Gasteiger charge is 2.17. The van der Waals surface area contributed by atoms with Gasteiger partial charge in [0.05, 0.1) is 16.8 Å². The third-order valence-electron chi connectivity index (χ3n) is 4.85. The van der Waals surface area contributed by atoms with Crippen LogP contribution in [0.4, 0.5) is 0 Å². The lowest BCUT2D eigenvalue weighted by Crippen LogP contribution is -2.09. The van der Waals surface area contributed by atoms with Crippen LogP contribution in [0.3, 0.4) is 0 Å². The Kier molecular flexibility index (Phi) is 4.41. The molecule has 7 heteroatoms. The van der Waals surface area contributed by atoms with Crippen molar-refractivity contribution >= 4 is 60.2 Å². The zero-order valence-electron chi connectivity index (χ0n) is 15.4. The minimum absolute atomic E-state index is 0.00244. The summed E-state index contributed by atoms with van der Waals surface area (Å²) in [6.45, 7) is 2.03. The van der Waals surface area contributed by atoms with E-state index >= 15 is 0 Å². The summed E-state index contributed by atoms with van der Waals surface area (Å²) in [6, 6.07) is 17.1. The summed E-state index contributed by atoms with van der Waals surface area (Å²) in [5.41, 5.74) is 3.07. The molecule has 0 aliphatic carbocycles. The first-order valence-corrected chi connectivity index (χ1v) is 10.8. The normalized spacial score (nSPS) is 11.5. The molecule has 3 aromatic heterocycles. The van der Waals surface area contributed by atoms with Gasteiger partial charge in [0.2, 0.25) is 0 Å². The molecular formula is C22H15N3O2S2. The van der Waals surface area contributed by atoms with Gasteiger partial charge in [0.1, 0.15) is 9.53 Å². The van der Waals surface area contributed by atoms with Crippen LogP contribution in [0, 0.1) is 6.92 Å². The molecule has 29 heavy (non-hydrogen) atoms. The van der Waals surface area contributed by atoms with Crippen molar-refractivity contribution in [1.29, 1.82) is 0 Å². The van der Waals surface area contributed by atoms with Gasteiger partial charge in [0.15, 0.2) is 10.9 Å². The summed E-state index contributed by atoms with van der Waals surface area (Å²) in [7, 11) is 0. The monoisotopic (exact) mass is 417 g/mol. The molecule has 5 rings (SSSR count). The number of nitrogens with one attached hydrogen (secondary N) is 1. The molecule has 0 unspecified atom stereocenters. The molecule has 1 N–H and O–H groups in total. The number of fused-ring (bicyclic) bond motifs is 4. The van der Waals surface area contributed by atoms with E-state index in [1.807, 2.05) is 49.4 Å². The predicted octanol–water partition coefficient (Wildman–Crippen LogP) is 4.97. The largest absolute Gasteiger partial charge is 0.300 e. The van der Waals surface area contributed by atoms with E-state index in [9.17, 15) is 9.59 Å². The number of para-hydroxylation sites is 1. The van der Waals surface area contributed by atoms with Crippen molar-refractivity contribution < 1.29 is 4.79 Å². The number of hydrogen-bond donors (Lipinski definition) is 1. The standard InChI is InChI=1S/C22H15N3O2S2/c1-12-14-9-5-6-10-15(14)23-21-17(12)18-19(29-21)20(27)25-22(24-18)28-11-16(26)13-7-3-2-4-8-13/h2-10H,11H2,1H3,(H,24,25,27). The predicted molar refractivity (Wildman–Crippen MR) is 119 cm³/mol. The number of thiophene rings is 1. The number of ketones is 1. The van der Waals surface area contributed by atoms with Gasteiger partial charge in [-0.05, 0) is 18.6 Å². The van der Waals surface area contributed by atoms with Gasteiger partial charge >= 0.3 is 0 Å². The first-order valence-electron chi connectivity index (χ1n) is 9.05. The summed E-state index contributed by atoms with van der Waals surface area (Å²) >= 11 is 2.60. The first-order chi connectivity index (χ1) is 14.1. The summed E-state index contributed by atoms with van der Waals surface area (Å²) < 4.78 is 0.560. The first kappa shape index (κ1) is 18.0. The Hall–Kier alpha value is -3.03. The Labute approximate surface area is 173 Å². The van der Waals surface area contributed by atoms with Gasteiger partial charge in [-0.15, -0.1) is 11.3 Å². The number of aryl methyl sites for hydroxylation is 1. The topological polar surface area (TPSA) is 75.7 Å². The maximum absolute atomic E-state index is 12.7. The summed E-state index contributed by atoms with van der Waals surface area (Å²) in [5.74, 6) is 0.207. The fourth-order valence-corrected chi connectivity index (χ4v) is 5.25. The number of nitrogens with zero attached hydrogens (tertiary/aromatic N) is 2. The second-order valence-electron chi connectivity index (χ2n) is 6.66. The molecule has 0 saturated carbocycles. The molecule has 0 spiro atoms. The average Bonchev–Trinajstić information content (AvgIpc) is 3.12. The molecule has 0 aliphatic heterocycles. The van der Waals surface area contributed by atoms with Crippen LogP contribution in [-0.4, -0.2) is 26.5 Å². The van der Waals surface area contributed by atoms with E-state index in [0.717, 1.165) is 26.7 Å². The van der Waals surface area contributed by atoms with E-state index in [0.29, 0.717) is 20.9 Å². The van der Waals surface area contributed by atoms with Crippen LogP contribution in [0.25, 0.3) is 31.3 Å². The van der Waals surface area contributed by atoms with Crippen LogP contribution in [0.5, 0.6) is 0 Å². The van der Waals surface area contributed by atoms with E-state index in [2.05, 4.69) is 9.97 Å². The number of pyridine rings is 1. The van der Waals surface area contributed by atoms with Crippen LogP contribution < -0.4 is 5.56 Å². The van der Waals surface area contributed by atoms with Crippen molar-refractivity contribution in [3.05, 3.63) is 76.1 Å². The Morgan fingerprint density at radius 3 is 2.66 bits per heavy atom. The lowest BCUT2D eigenvalue weighted by Gasteiger charge is -2.04. The Morgan fingerprint density at radius 2 is 1.83 bits per heavy atom. The zero-order chi connectivity index (χ0) is 20.0. The highest BCUT2D eigenvalue weighted by Crippen LogP contribution is 2.35. The highest BCUT2D eigenvalue weighted by atomic mass is 32.2. The van der Waals surface area contributed by atoms with Crippen molar-refractivity contribution in [3.63, 3.8) is 0 Å². The van der Waals surface area contributed by atoms with Gasteiger partial charge in [-0.2, -0.15) is 0 Å². The quantitative estimate of drug-likeness (QED) is 0.254. The Morgan fingerprint density at radius 1 is 1.07 bits per heavy atom. The average molecular weight is 418 g/mol. The lowest BCUT2D eigenvalue weighted by molar-refractivity contribution is 0.102. The number of H-pyrrole nitrogens is 1. The van der Waals surface area contributed by atoms with Crippen molar-refractivity contribution in [2.24, 2.45) is 0 Å². The van der Waals surface area contributed by atoms with Gasteiger partial charge in [-0.25, -0.2) is 9.97 Å². The molecule has 5 aromatic rings. The fourth-order valence-electron chi connectivity index (χ4n) is 3.41. The number of benzene rings is 2. The van der Waals surface area contributed by atoms with Gasteiger partial charge in [-0.3, -0.25) is 9.59 Å². The number of carbonyl (C=O) groups excluding carboxylic acids is 1. The number of Topliss-reactive ketones (excluding diaryl/α,β-unsaturated/α-hetero) is 1. The van der Waals surface area contributed by atoms with Gasteiger partial charge in [0.25, 0.3) is 5.56 Å². The molecule has 0 amide bonds. The van der Waals surface area contributed by atoms with Crippen LogP contribution >= 0.6 is 23.1 Å². The number of aromatic nitrogens is 3. The van der Waals surface area contributed by atoms with E-state index in [-0.39, 0.29) is 17.1 Å². The molecule has 0 atom stereocenters. The second kappa shape index (κ2) is 7.09. The number of aromatic amines is 1. The molecule has 3 heterocycles. The molecule has 5 nitrogen and oxygen atoms in total. The number of hydrogen-bond acceptors (Lipinski definition) is 6. The SMILES string of the molecule is Cc1c2ccccc2nc2sc3c(=O)[nH]c(SCC(=O)c4ccccc4)nc3c12. The van der Waals surface area contributed by atoms with E-state index in [4.69, 9.17) is 4.98 Å². The molecule has 0 fully saturated rings. The summed E-state index contributed by atoms with van der Waals surface area (Å²) in [5, 5.41) is 2.40. The molecule has 2 aromatic carbocycles. The van der Waals surface area contributed by atoms with Crippen molar-refractivity contribution in [1.82, 2.24) is 15.0 Å². The van der Waals surface area contributed by atoms with Crippen LogP contribution in [0.1, 0.15) is 15.9 Å². The Bertz CT molecular complexity index is 1460. The van der Waals surface area contributed by atoms with E-state index < -0.39 is 0 Å². The van der Waals surface area contributed by atoms with Crippen LogP contribution in [0.15, 0.2) is 64.5 Å². The molecule has 0 saturated heterocycles. The van der Waals surface area contributed by atoms with E-state index in [1.54, 1.807) is 12.1 Å². The molecule has 0 aliphatic rings. The Balaban J connectivity index is 1.59. The molecule has 0 radical (unpaired) electrons. The smallest absolute Gasteiger partial charge is 0.269 e. The third-order valence-corrected chi connectivity index (χ3v) is 6.79. The zero-order valence-corrected chi connectivity index (χ0v) is 17.1. The van der Waals surface area contributed by atoms with Crippen molar-refractivity contribution in [3.8, 4) is 0 Å². The molecule has 0 bridgehead atoms. The molecule has 142 valence electrons. The van der Waals surface area contributed by atoms with Crippen molar-refractivity contribution in [2.45, 2.75) is 12.1 Å². The van der Waals surface area contributed by atoms with Crippen LogP contribution in [-0.2, 0) is 0 Å². The third kappa shape index (κ3) is 3.12. The second-order valence-corrected chi connectivity index (χ2v) is 8.63. The fraction of sp³-hybridized carbons (Fsp3) is 0.0909. The van der Waals surface area contributed by atoms with E-state index in [1.165, 1.54) is 23.1 Å². The van der Waals surface area contributed by atoms with Gasteiger partial charge in [-0.1, -0.05) is 60.3 Å². The summed E-state index contributed by atoms with van der Waals surface area (Å²) in [4.78, 5) is 38.1.